The van der Waals surface area contributed by atoms with E-state index in [2.05, 4.69) is 12.1 Å². The van der Waals surface area contributed by atoms with Gasteiger partial charge in [0.1, 0.15) is 0 Å². The molecule has 0 saturated heterocycles. The molecule has 1 nitrogen and oxygen atoms in total. The summed E-state index contributed by atoms with van der Waals surface area (Å²) in [4.78, 5) is 1.91. The van der Waals surface area contributed by atoms with E-state index in [-0.39, 0.29) is 29.9 Å². The molecular formula is C40H29N. The van der Waals surface area contributed by atoms with E-state index in [1.54, 1.807) is 0 Å². The summed E-state index contributed by atoms with van der Waals surface area (Å²) < 4.78 is 36.8. The van der Waals surface area contributed by atoms with Crippen LogP contribution < -0.4 is 4.90 Å². The van der Waals surface area contributed by atoms with Crippen LogP contribution in [-0.4, -0.2) is 0 Å². The average molecular weight is 528 g/mol. The first-order valence-corrected chi connectivity index (χ1v) is 13.7. The topological polar surface area (TPSA) is 3.24 Å². The van der Waals surface area contributed by atoms with Crippen LogP contribution in [0.3, 0.4) is 0 Å². The van der Waals surface area contributed by atoms with Crippen LogP contribution in [0, 0.1) is 0 Å². The predicted octanol–water partition coefficient (Wildman–Crippen LogP) is 11.3. The van der Waals surface area contributed by atoms with Crippen LogP contribution >= 0.6 is 0 Å². The summed E-state index contributed by atoms with van der Waals surface area (Å²) in [5.41, 5.74) is 6.89. The molecule has 0 radical (unpaired) electrons. The van der Waals surface area contributed by atoms with Crippen LogP contribution in [0.4, 0.5) is 17.1 Å². The lowest BCUT2D eigenvalue weighted by molar-refractivity contribution is 1.28. The maximum atomic E-state index is 9.65. The summed E-state index contributed by atoms with van der Waals surface area (Å²) in [6.07, 6.45) is 0. The summed E-state index contributed by atoms with van der Waals surface area (Å²) in [5, 5.41) is 1.88. The van der Waals surface area contributed by atoms with Gasteiger partial charge in [0.2, 0.25) is 0 Å². The molecule has 1 heteroatoms. The van der Waals surface area contributed by atoms with E-state index in [1.165, 1.54) is 0 Å². The molecule has 0 unspecified atom stereocenters. The smallest absolute Gasteiger partial charge is 0.0651 e. The minimum absolute atomic E-state index is 0.0346. The first kappa shape index (κ1) is 20.5. The molecule has 0 fully saturated rings. The molecule has 7 aromatic carbocycles. The second-order valence-corrected chi connectivity index (χ2v) is 9.88. The van der Waals surface area contributed by atoms with E-state index in [0.717, 1.165) is 44.4 Å². The highest BCUT2D eigenvalue weighted by Crippen LogP contribution is 2.42. The number of nitrogens with zero attached hydrogens (tertiary/aromatic N) is 1. The zero-order valence-electron chi connectivity index (χ0n) is 26.4. The van der Waals surface area contributed by atoms with Crippen molar-refractivity contribution >= 4 is 27.8 Å². The van der Waals surface area contributed by atoms with Gasteiger partial charge in [-0.05, 0) is 68.9 Å². The summed E-state index contributed by atoms with van der Waals surface area (Å²) in [6.45, 7) is 0. The fourth-order valence-corrected chi connectivity index (χ4v) is 5.38. The fourth-order valence-electron chi connectivity index (χ4n) is 5.38. The van der Waals surface area contributed by atoms with E-state index >= 15 is 0 Å². The predicted molar refractivity (Wildman–Crippen MR) is 175 cm³/mol. The minimum Gasteiger partial charge on any atom is -0.310 e. The number of hydrogen-bond acceptors (Lipinski definition) is 1. The highest BCUT2D eigenvalue weighted by Gasteiger charge is 2.18. The molecule has 0 spiro atoms. The standard InChI is InChI=1S/C40H29N/c1-3-13-30(14-4-1)31-25-27-35(28-26-31)41(40-24-10-9-22-39(40)33-15-5-2-6-16-33)36-20-11-19-34(29-36)38-23-12-18-32-17-7-8-21-37(32)38/h1-29H/i11D,19D,20D,29D. The van der Waals surface area contributed by atoms with Crippen molar-refractivity contribution in [3.05, 3.63) is 176 Å². The third-order valence-electron chi connectivity index (χ3n) is 7.36. The van der Waals surface area contributed by atoms with Gasteiger partial charge in [-0.3, -0.25) is 0 Å². The number of fused-ring (bicyclic) bond motifs is 1. The highest BCUT2D eigenvalue weighted by molar-refractivity contribution is 5.98. The average Bonchev–Trinajstić information content (AvgIpc) is 3.10. The van der Waals surface area contributed by atoms with E-state index in [4.69, 9.17) is 2.74 Å². The Labute approximate surface area is 247 Å². The van der Waals surface area contributed by atoms with Crippen molar-refractivity contribution in [1.29, 1.82) is 0 Å². The van der Waals surface area contributed by atoms with Crippen molar-refractivity contribution in [2.75, 3.05) is 4.90 Å². The molecule has 0 aromatic heterocycles. The number of para-hydroxylation sites is 1. The van der Waals surface area contributed by atoms with Crippen molar-refractivity contribution in [1.82, 2.24) is 0 Å². The van der Waals surface area contributed by atoms with Gasteiger partial charge in [0.05, 0.1) is 11.2 Å². The molecule has 0 heterocycles. The second-order valence-electron chi connectivity index (χ2n) is 9.88. The number of benzene rings is 7. The van der Waals surface area contributed by atoms with Crippen LogP contribution in [-0.2, 0) is 0 Å². The quantitative estimate of drug-likeness (QED) is 0.208. The van der Waals surface area contributed by atoms with Crippen molar-refractivity contribution in [2.45, 2.75) is 0 Å². The largest absolute Gasteiger partial charge is 0.310 e. The molecule has 0 aliphatic heterocycles. The molecule has 41 heavy (non-hydrogen) atoms. The van der Waals surface area contributed by atoms with Gasteiger partial charge in [-0.1, -0.05) is 146 Å². The third-order valence-corrected chi connectivity index (χ3v) is 7.36. The van der Waals surface area contributed by atoms with E-state index < -0.39 is 0 Å². The van der Waals surface area contributed by atoms with Gasteiger partial charge in [0.25, 0.3) is 0 Å². The molecule has 0 bridgehead atoms. The highest BCUT2D eigenvalue weighted by atomic mass is 15.1. The monoisotopic (exact) mass is 527 g/mol. The van der Waals surface area contributed by atoms with Crippen LogP contribution in [0.5, 0.6) is 0 Å². The van der Waals surface area contributed by atoms with Gasteiger partial charge in [-0.25, -0.2) is 0 Å². The Morgan fingerprint density at radius 1 is 0.415 bits per heavy atom. The lowest BCUT2D eigenvalue weighted by atomic mass is 9.97. The van der Waals surface area contributed by atoms with Crippen molar-refractivity contribution in [3.63, 3.8) is 0 Å². The Bertz CT molecular complexity index is 2140. The van der Waals surface area contributed by atoms with Gasteiger partial charge in [0, 0.05) is 16.9 Å². The first-order valence-electron chi connectivity index (χ1n) is 15.7. The minimum atomic E-state index is -0.216. The zero-order valence-corrected chi connectivity index (χ0v) is 22.4. The van der Waals surface area contributed by atoms with E-state index in [1.807, 2.05) is 144 Å². The first-order chi connectivity index (χ1) is 22.0. The lowest BCUT2D eigenvalue weighted by Crippen LogP contribution is -2.11. The van der Waals surface area contributed by atoms with Crippen molar-refractivity contribution < 1.29 is 5.48 Å². The third kappa shape index (κ3) is 4.90. The zero-order chi connectivity index (χ0) is 30.9. The maximum absolute atomic E-state index is 9.65. The SMILES string of the molecule is [2H]c1c([2H])c(-c2cccc3ccccc23)c([2H])c(N(c2ccc(-c3ccccc3)cc2)c2ccccc2-c2ccccc2)c1[2H]. The molecular weight excluding hydrogens is 494 g/mol. The Morgan fingerprint density at radius 3 is 1.83 bits per heavy atom. The summed E-state index contributed by atoms with van der Waals surface area (Å²) in [7, 11) is 0. The summed E-state index contributed by atoms with van der Waals surface area (Å²) >= 11 is 0. The Morgan fingerprint density at radius 2 is 1.02 bits per heavy atom. The van der Waals surface area contributed by atoms with Crippen LogP contribution in [0.25, 0.3) is 44.2 Å². The van der Waals surface area contributed by atoms with Crippen molar-refractivity contribution in [2.24, 2.45) is 0 Å². The Kier molecular flexibility index (Phi) is 5.50. The number of rotatable bonds is 6. The Balaban J connectivity index is 1.52. The summed E-state index contributed by atoms with van der Waals surface area (Å²) in [6, 6.07) is 49.5. The van der Waals surface area contributed by atoms with Gasteiger partial charge < -0.3 is 4.90 Å². The molecule has 0 aliphatic rings. The molecule has 0 atom stereocenters. The van der Waals surface area contributed by atoms with E-state index in [0.29, 0.717) is 11.1 Å². The van der Waals surface area contributed by atoms with Crippen molar-refractivity contribution in [3.8, 4) is 33.4 Å². The molecule has 0 aliphatic carbocycles. The van der Waals surface area contributed by atoms with Crippen LogP contribution in [0.2, 0.25) is 0 Å². The lowest BCUT2D eigenvalue weighted by Gasteiger charge is -2.28. The van der Waals surface area contributed by atoms with Gasteiger partial charge in [-0.2, -0.15) is 0 Å². The molecule has 194 valence electrons. The van der Waals surface area contributed by atoms with Crippen LogP contribution in [0.15, 0.2) is 176 Å². The van der Waals surface area contributed by atoms with Gasteiger partial charge in [-0.15, -0.1) is 0 Å². The molecule has 0 saturated carbocycles. The second kappa shape index (κ2) is 11.0. The Hall–Kier alpha value is -5.40. The normalized spacial score (nSPS) is 12.3. The maximum Gasteiger partial charge on any atom is 0.0651 e. The summed E-state index contributed by atoms with van der Waals surface area (Å²) in [5.74, 6) is 0. The molecule has 7 rings (SSSR count). The van der Waals surface area contributed by atoms with Crippen LogP contribution in [0.1, 0.15) is 5.48 Å². The van der Waals surface area contributed by atoms with Gasteiger partial charge in [0.15, 0.2) is 0 Å². The van der Waals surface area contributed by atoms with E-state index in [9.17, 15) is 2.74 Å². The fraction of sp³-hybridized carbons (Fsp3) is 0. The molecule has 0 N–H and O–H groups in total. The number of hydrogen-bond donors (Lipinski definition) is 0. The number of anilines is 3. The molecule has 0 amide bonds. The molecule has 7 aromatic rings. The van der Waals surface area contributed by atoms with Gasteiger partial charge >= 0.3 is 0 Å².